The Hall–Kier alpha value is -1.84. The molecule has 2 rings (SSSR count). The van der Waals surface area contributed by atoms with E-state index in [4.69, 9.17) is 23.2 Å². The van der Waals surface area contributed by atoms with Gasteiger partial charge in [-0.3, -0.25) is 4.79 Å². The van der Waals surface area contributed by atoms with Gasteiger partial charge in [0.25, 0.3) is 0 Å². The molecule has 102 valence electrons. The molecule has 0 bridgehead atoms. The van der Waals surface area contributed by atoms with Gasteiger partial charge in [0.1, 0.15) is 0 Å². The Labute approximate surface area is 127 Å². The molecule has 0 aliphatic carbocycles. The second-order valence-corrected chi connectivity index (χ2v) is 4.91. The molecule has 20 heavy (non-hydrogen) atoms. The Kier molecular flexibility index (Phi) is 5.16. The predicted octanol–water partition coefficient (Wildman–Crippen LogP) is 3.69. The monoisotopic (exact) mass is 306 g/mol. The third kappa shape index (κ3) is 4.08. The first-order chi connectivity index (χ1) is 9.66. The highest BCUT2D eigenvalue weighted by Gasteiger charge is 2.03. The van der Waals surface area contributed by atoms with Crippen molar-refractivity contribution in [2.24, 2.45) is 5.10 Å². The lowest BCUT2D eigenvalue weighted by atomic mass is 10.1. The van der Waals surface area contributed by atoms with E-state index in [1.807, 2.05) is 30.3 Å². The molecule has 5 heteroatoms. The number of hydrogen-bond donors (Lipinski definition) is 1. The number of benzene rings is 2. The largest absolute Gasteiger partial charge is 0.273 e. The third-order valence-corrected chi connectivity index (χ3v) is 3.25. The topological polar surface area (TPSA) is 41.5 Å². The fourth-order valence-electron chi connectivity index (χ4n) is 1.62. The van der Waals surface area contributed by atoms with E-state index in [2.05, 4.69) is 10.5 Å². The second kappa shape index (κ2) is 7.08. The number of nitrogens with one attached hydrogen (secondary N) is 1. The smallest absolute Gasteiger partial charge is 0.244 e. The lowest BCUT2D eigenvalue weighted by Crippen LogP contribution is -2.19. The zero-order chi connectivity index (χ0) is 14.4. The summed E-state index contributed by atoms with van der Waals surface area (Å²) >= 11 is 12.0. The Balaban J connectivity index is 1.95. The zero-order valence-electron chi connectivity index (χ0n) is 10.5. The summed E-state index contributed by atoms with van der Waals surface area (Å²) in [5, 5.41) is 4.84. The van der Waals surface area contributed by atoms with Crippen LogP contribution >= 0.6 is 23.2 Å². The van der Waals surface area contributed by atoms with Gasteiger partial charge in [-0.1, -0.05) is 59.6 Å². The van der Waals surface area contributed by atoms with Crippen LogP contribution in [0.5, 0.6) is 0 Å². The summed E-state index contributed by atoms with van der Waals surface area (Å²) in [4.78, 5) is 11.7. The summed E-state index contributed by atoms with van der Waals surface area (Å²) < 4.78 is 0. The van der Waals surface area contributed by atoms with E-state index in [0.717, 1.165) is 5.56 Å². The molecule has 0 aliphatic rings. The maximum Gasteiger partial charge on any atom is 0.244 e. The van der Waals surface area contributed by atoms with Gasteiger partial charge in [0.2, 0.25) is 5.91 Å². The number of rotatable bonds is 4. The minimum Gasteiger partial charge on any atom is -0.273 e. The summed E-state index contributed by atoms with van der Waals surface area (Å²) in [7, 11) is 0. The maximum atomic E-state index is 11.7. The lowest BCUT2D eigenvalue weighted by Gasteiger charge is -2.02. The molecule has 1 amide bonds. The van der Waals surface area contributed by atoms with Crippen LogP contribution in [0.2, 0.25) is 10.0 Å². The molecule has 0 saturated heterocycles. The van der Waals surface area contributed by atoms with E-state index in [9.17, 15) is 4.79 Å². The highest BCUT2D eigenvalue weighted by molar-refractivity contribution is 6.38. The van der Waals surface area contributed by atoms with Crippen molar-refractivity contribution in [2.75, 3.05) is 0 Å². The predicted molar refractivity (Wildman–Crippen MR) is 82.3 cm³/mol. The van der Waals surface area contributed by atoms with Crippen LogP contribution in [-0.4, -0.2) is 12.1 Å². The molecule has 2 aromatic rings. The number of amides is 1. The van der Waals surface area contributed by atoms with E-state index < -0.39 is 0 Å². The number of carbonyl (C=O) groups is 1. The van der Waals surface area contributed by atoms with E-state index in [1.165, 1.54) is 6.21 Å². The number of carbonyl (C=O) groups excluding carboxylic acids is 1. The molecule has 0 radical (unpaired) electrons. The first-order valence-electron chi connectivity index (χ1n) is 5.96. The molecule has 0 aliphatic heterocycles. The van der Waals surface area contributed by atoms with Gasteiger partial charge in [-0.15, -0.1) is 0 Å². The average molecular weight is 307 g/mol. The minimum absolute atomic E-state index is 0.198. The lowest BCUT2D eigenvalue weighted by molar-refractivity contribution is -0.120. The van der Waals surface area contributed by atoms with E-state index >= 15 is 0 Å². The molecular weight excluding hydrogens is 295 g/mol. The van der Waals surface area contributed by atoms with Crippen molar-refractivity contribution in [3.8, 4) is 0 Å². The standard InChI is InChI=1S/C15H12Cl2N2O/c16-13-7-4-8-14(17)12(13)10-18-19-15(20)9-11-5-2-1-3-6-11/h1-8,10H,9H2,(H,19,20). The van der Waals surface area contributed by atoms with E-state index in [1.54, 1.807) is 18.2 Å². The van der Waals surface area contributed by atoms with Crippen LogP contribution in [-0.2, 0) is 11.2 Å². The first-order valence-corrected chi connectivity index (χ1v) is 6.72. The number of nitrogens with zero attached hydrogens (tertiary/aromatic N) is 1. The second-order valence-electron chi connectivity index (χ2n) is 4.09. The normalized spacial score (nSPS) is 10.7. The van der Waals surface area contributed by atoms with Crippen LogP contribution in [0.15, 0.2) is 53.6 Å². The van der Waals surface area contributed by atoms with E-state index in [-0.39, 0.29) is 12.3 Å². The molecule has 0 atom stereocenters. The van der Waals surface area contributed by atoms with Crippen molar-refractivity contribution in [1.29, 1.82) is 0 Å². The summed E-state index contributed by atoms with van der Waals surface area (Å²) in [6.07, 6.45) is 1.71. The van der Waals surface area contributed by atoms with Gasteiger partial charge in [0.05, 0.1) is 22.7 Å². The van der Waals surface area contributed by atoms with Gasteiger partial charge in [0, 0.05) is 5.56 Å². The van der Waals surface area contributed by atoms with Crippen molar-refractivity contribution in [3.05, 3.63) is 69.7 Å². The first kappa shape index (κ1) is 14.6. The van der Waals surface area contributed by atoms with Crippen molar-refractivity contribution in [3.63, 3.8) is 0 Å². The minimum atomic E-state index is -0.198. The molecule has 3 nitrogen and oxygen atoms in total. The van der Waals surface area contributed by atoms with Crippen molar-refractivity contribution < 1.29 is 4.79 Å². The Morgan fingerprint density at radius 3 is 2.35 bits per heavy atom. The van der Waals surface area contributed by atoms with Gasteiger partial charge >= 0.3 is 0 Å². The highest BCUT2D eigenvalue weighted by Crippen LogP contribution is 2.21. The number of hydrazone groups is 1. The van der Waals surface area contributed by atoms with Crippen LogP contribution in [0.25, 0.3) is 0 Å². The Morgan fingerprint density at radius 1 is 1.05 bits per heavy atom. The third-order valence-electron chi connectivity index (χ3n) is 2.59. The molecule has 0 saturated carbocycles. The number of hydrogen-bond acceptors (Lipinski definition) is 2. The van der Waals surface area contributed by atoms with Crippen LogP contribution in [0.3, 0.4) is 0 Å². The SMILES string of the molecule is O=C(Cc1ccccc1)NN=Cc1c(Cl)cccc1Cl. The van der Waals surface area contributed by atoms with Gasteiger partial charge in [-0.2, -0.15) is 5.10 Å². The summed E-state index contributed by atoms with van der Waals surface area (Å²) in [5.74, 6) is -0.198. The molecular formula is C15H12Cl2N2O. The van der Waals surface area contributed by atoms with Crippen LogP contribution in [0.1, 0.15) is 11.1 Å². The van der Waals surface area contributed by atoms with Gasteiger partial charge in [0.15, 0.2) is 0 Å². The molecule has 0 aromatic heterocycles. The zero-order valence-corrected chi connectivity index (χ0v) is 12.0. The number of halogens is 2. The summed E-state index contributed by atoms with van der Waals surface area (Å²) in [5.41, 5.74) is 3.95. The molecule has 1 N–H and O–H groups in total. The maximum absolute atomic E-state index is 11.7. The van der Waals surface area contributed by atoms with Crippen LogP contribution < -0.4 is 5.43 Å². The van der Waals surface area contributed by atoms with Crippen molar-refractivity contribution >= 4 is 35.3 Å². The molecule has 0 unspecified atom stereocenters. The van der Waals surface area contributed by atoms with Gasteiger partial charge in [-0.05, 0) is 17.7 Å². The molecule has 0 fully saturated rings. The fraction of sp³-hybridized carbons (Fsp3) is 0.0667. The van der Waals surface area contributed by atoms with Crippen LogP contribution in [0.4, 0.5) is 0 Å². The quantitative estimate of drug-likeness (QED) is 0.679. The molecule has 0 spiro atoms. The summed E-state index contributed by atoms with van der Waals surface area (Å²) in [6.45, 7) is 0. The van der Waals surface area contributed by atoms with Gasteiger partial charge < -0.3 is 0 Å². The molecule has 0 heterocycles. The van der Waals surface area contributed by atoms with Crippen molar-refractivity contribution in [2.45, 2.75) is 6.42 Å². The van der Waals surface area contributed by atoms with E-state index in [0.29, 0.717) is 15.6 Å². The average Bonchev–Trinajstić information content (AvgIpc) is 2.43. The Morgan fingerprint density at radius 2 is 1.70 bits per heavy atom. The highest BCUT2D eigenvalue weighted by atomic mass is 35.5. The summed E-state index contributed by atoms with van der Waals surface area (Å²) in [6, 6.07) is 14.6. The Bertz CT molecular complexity index is 607. The van der Waals surface area contributed by atoms with Crippen LogP contribution in [0, 0.1) is 0 Å². The van der Waals surface area contributed by atoms with Gasteiger partial charge in [-0.25, -0.2) is 5.43 Å². The fourth-order valence-corrected chi connectivity index (χ4v) is 2.12. The van der Waals surface area contributed by atoms with Crippen molar-refractivity contribution in [1.82, 2.24) is 5.43 Å². The molecule has 2 aromatic carbocycles.